The van der Waals surface area contributed by atoms with E-state index < -0.39 is 29.8 Å². The van der Waals surface area contributed by atoms with E-state index in [1.807, 2.05) is 0 Å². The number of rotatable bonds is 2. The topological polar surface area (TPSA) is 63.4 Å². The maximum Gasteiger partial charge on any atom is 0.256 e. The minimum absolute atomic E-state index is 0.0769. The number of alkyl halides is 1. The number of likely N-dealkylation sites (tertiary alicyclic amines) is 1. The second-order valence-corrected chi connectivity index (χ2v) is 5.27. The maximum atomic E-state index is 13.4. The highest BCUT2D eigenvalue weighted by Crippen LogP contribution is 2.28. The molecule has 0 aromatic heterocycles. The average Bonchev–Trinajstić information content (AvgIpc) is 2.75. The molecule has 4 nitrogen and oxygen atoms in total. The summed E-state index contributed by atoms with van der Waals surface area (Å²) in [6.45, 7) is -0.285. The van der Waals surface area contributed by atoms with Gasteiger partial charge < -0.3 is 10.6 Å². The molecular weight excluding hydrogens is 313 g/mol. The zero-order chi connectivity index (χ0) is 15.0. The summed E-state index contributed by atoms with van der Waals surface area (Å²) in [5.41, 5.74) is 4.94. The SMILES string of the molecule is NC(=O)[C@@H]1C[C@@H](F)CN1C(=O)c1cc(F)c(Cl)cc1Cl. The predicted molar refractivity (Wildman–Crippen MR) is 70.0 cm³/mol. The van der Waals surface area contributed by atoms with Gasteiger partial charge >= 0.3 is 0 Å². The first-order valence-corrected chi connectivity index (χ1v) is 6.45. The highest BCUT2D eigenvalue weighted by atomic mass is 35.5. The van der Waals surface area contributed by atoms with Gasteiger partial charge in [-0.1, -0.05) is 23.2 Å². The molecular formula is C12H10Cl2F2N2O2. The second-order valence-electron chi connectivity index (χ2n) is 4.45. The standard InChI is InChI=1S/C12H10Cl2F2N2O2/c13-7-3-8(14)9(16)2-6(7)12(20)18-4-5(15)1-10(18)11(17)19/h2-3,5,10H,1,4H2,(H2,17,19)/t5-,10+/m1/s1. The summed E-state index contributed by atoms with van der Waals surface area (Å²) in [4.78, 5) is 24.4. The molecule has 0 radical (unpaired) electrons. The van der Waals surface area contributed by atoms with Crippen LogP contribution < -0.4 is 5.73 Å². The van der Waals surface area contributed by atoms with Crippen molar-refractivity contribution >= 4 is 35.0 Å². The van der Waals surface area contributed by atoms with Gasteiger partial charge in [0.1, 0.15) is 18.0 Å². The van der Waals surface area contributed by atoms with E-state index in [-0.39, 0.29) is 28.6 Å². The molecule has 0 bridgehead atoms. The van der Waals surface area contributed by atoms with E-state index in [9.17, 15) is 18.4 Å². The molecule has 20 heavy (non-hydrogen) atoms. The number of nitrogens with two attached hydrogens (primary N) is 1. The molecule has 1 aromatic carbocycles. The molecule has 108 valence electrons. The Labute approximate surface area is 123 Å². The number of primary amides is 1. The quantitative estimate of drug-likeness (QED) is 0.848. The summed E-state index contributed by atoms with van der Waals surface area (Å²) in [7, 11) is 0. The van der Waals surface area contributed by atoms with Gasteiger partial charge in [0, 0.05) is 6.42 Å². The van der Waals surface area contributed by atoms with Gasteiger partial charge in [-0.2, -0.15) is 0 Å². The molecule has 1 heterocycles. The summed E-state index contributed by atoms with van der Waals surface area (Å²) in [6, 6.07) is 0.872. The molecule has 2 rings (SSSR count). The minimum atomic E-state index is -1.35. The molecule has 1 aliphatic heterocycles. The third-order valence-corrected chi connectivity index (χ3v) is 3.68. The lowest BCUT2D eigenvalue weighted by atomic mass is 10.1. The van der Waals surface area contributed by atoms with Crippen LogP contribution in [0.3, 0.4) is 0 Å². The van der Waals surface area contributed by atoms with E-state index in [0.29, 0.717) is 0 Å². The number of nitrogens with zero attached hydrogens (tertiary/aromatic N) is 1. The van der Waals surface area contributed by atoms with Gasteiger partial charge in [0.25, 0.3) is 5.91 Å². The molecule has 1 aliphatic rings. The Kier molecular flexibility index (Phi) is 4.15. The zero-order valence-electron chi connectivity index (χ0n) is 10.1. The first kappa shape index (κ1) is 15.0. The van der Waals surface area contributed by atoms with Crippen LogP contribution in [0, 0.1) is 5.82 Å². The Bertz CT molecular complexity index is 583. The van der Waals surface area contributed by atoms with Crippen molar-refractivity contribution in [2.75, 3.05) is 6.54 Å². The van der Waals surface area contributed by atoms with Gasteiger partial charge in [-0.05, 0) is 12.1 Å². The van der Waals surface area contributed by atoms with Gasteiger partial charge in [0.15, 0.2) is 0 Å². The predicted octanol–water partition coefficient (Wildman–Crippen LogP) is 2.17. The van der Waals surface area contributed by atoms with Crippen LogP contribution in [0.5, 0.6) is 0 Å². The Hall–Kier alpha value is -1.40. The number of hydrogen-bond donors (Lipinski definition) is 1. The largest absolute Gasteiger partial charge is 0.368 e. The van der Waals surface area contributed by atoms with Crippen LogP contribution in [0.1, 0.15) is 16.8 Å². The van der Waals surface area contributed by atoms with E-state index in [1.165, 1.54) is 0 Å². The van der Waals surface area contributed by atoms with E-state index in [4.69, 9.17) is 28.9 Å². The summed E-state index contributed by atoms with van der Waals surface area (Å²) >= 11 is 11.4. The zero-order valence-corrected chi connectivity index (χ0v) is 11.6. The molecule has 2 amide bonds. The molecule has 1 saturated heterocycles. The van der Waals surface area contributed by atoms with Crippen LogP contribution in [0.4, 0.5) is 8.78 Å². The lowest BCUT2D eigenvalue weighted by Crippen LogP contribution is -2.43. The molecule has 0 spiro atoms. The monoisotopic (exact) mass is 322 g/mol. The van der Waals surface area contributed by atoms with Gasteiger partial charge in [-0.25, -0.2) is 8.78 Å². The van der Waals surface area contributed by atoms with Gasteiger partial charge in [-0.15, -0.1) is 0 Å². The fourth-order valence-electron chi connectivity index (χ4n) is 2.12. The van der Waals surface area contributed by atoms with Crippen LogP contribution in [0.25, 0.3) is 0 Å². The Morgan fingerprint density at radius 2 is 1.95 bits per heavy atom. The Morgan fingerprint density at radius 3 is 2.55 bits per heavy atom. The maximum absolute atomic E-state index is 13.4. The number of carbonyl (C=O) groups is 2. The van der Waals surface area contributed by atoms with Crippen molar-refractivity contribution in [2.45, 2.75) is 18.6 Å². The van der Waals surface area contributed by atoms with Crippen LogP contribution in [-0.4, -0.2) is 35.5 Å². The third-order valence-electron chi connectivity index (χ3n) is 3.08. The highest BCUT2D eigenvalue weighted by Gasteiger charge is 2.39. The molecule has 2 N–H and O–H groups in total. The Morgan fingerprint density at radius 1 is 1.30 bits per heavy atom. The molecule has 1 fully saturated rings. The first-order chi connectivity index (χ1) is 9.31. The number of carbonyl (C=O) groups excluding carboxylic acids is 2. The lowest BCUT2D eigenvalue weighted by molar-refractivity contribution is -0.121. The Balaban J connectivity index is 2.36. The van der Waals surface area contributed by atoms with Gasteiger partial charge in [-0.3, -0.25) is 9.59 Å². The minimum Gasteiger partial charge on any atom is -0.368 e. The van der Waals surface area contributed by atoms with E-state index in [2.05, 4.69) is 0 Å². The van der Waals surface area contributed by atoms with Gasteiger partial charge in [0.05, 0.1) is 22.2 Å². The van der Waals surface area contributed by atoms with Gasteiger partial charge in [0.2, 0.25) is 5.91 Å². The van der Waals surface area contributed by atoms with E-state index in [1.54, 1.807) is 0 Å². The highest BCUT2D eigenvalue weighted by molar-refractivity contribution is 6.36. The van der Waals surface area contributed by atoms with Crippen molar-refractivity contribution in [1.82, 2.24) is 4.90 Å². The number of benzene rings is 1. The number of hydrogen-bond acceptors (Lipinski definition) is 2. The normalized spacial score (nSPS) is 22.1. The summed E-state index contributed by atoms with van der Waals surface area (Å²) < 4.78 is 26.8. The third kappa shape index (κ3) is 2.71. The molecule has 1 aromatic rings. The fraction of sp³-hybridized carbons (Fsp3) is 0.333. The number of amides is 2. The molecule has 0 unspecified atom stereocenters. The van der Waals surface area contributed by atoms with Crippen LogP contribution in [0.2, 0.25) is 10.0 Å². The summed E-state index contributed by atoms with van der Waals surface area (Å²) in [5.74, 6) is -2.40. The van der Waals surface area contributed by atoms with Crippen molar-refractivity contribution in [2.24, 2.45) is 5.73 Å². The van der Waals surface area contributed by atoms with Crippen LogP contribution in [-0.2, 0) is 4.79 Å². The molecule has 0 aliphatic carbocycles. The summed E-state index contributed by atoms with van der Waals surface area (Å²) in [6.07, 6.45) is -1.53. The van der Waals surface area contributed by atoms with Crippen molar-refractivity contribution in [3.8, 4) is 0 Å². The van der Waals surface area contributed by atoms with Crippen LogP contribution >= 0.6 is 23.2 Å². The van der Waals surface area contributed by atoms with Crippen molar-refractivity contribution in [3.63, 3.8) is 0 Å². The van der Waals surface area contributed by atoms with E-state index >= 15 is 0 Å². The molecule has 8 heteroatoms. The molecule has 0 saturated carbocycles. The lowest BCUT2D eigenvalue weighted by Gasteiger charge is -2.22. The van der Waals surface area contributed by atoms with Crippen LogP contribution in [0.15, 0.2) is 12.1 Å². The summed E-state index contributed by atoms with van der Waals surface area (Å²) in [5, 5.41) is -0.310. The van der Waals surface area contributed by atoms with E-state index in [0.717, 1.165) is 17.0 Å². The smallest absolute Gasteiger partial charge is 0.256 e. The van der Waals surface area contributed by atoms with Crippen molar-refractivity contribution in [3.05, 3.63) is 33.6 Å². The van der Waals surface area contributed by atoms with Crippen molar-refractivity contribution in [1.29, 1.82) is 0 Å². The number of halogens is 4. The molecule has 2 atom stereocenters. The average molecular weight is 323 g/mol. The van der Waals surface area contributed by atoms with Crippen molar-refractivity contribution < 1.29 is 18.4 Å². The fourth-order valence-corrected chi connectivity index (χ4v) is 2.58. The second kappa shape index (κ2) is 5.54. The first-order valence-electron chi connectivity index (χ1n) is 5.70.